The fourth-order valence-corrected chi connectivity index (χ4v) is 0.917. The van der Waals surface area contributed by atoms with Gasteiger partial charge in [-0.05, 0) is 17.8 Å². The minimum Gasteiger partial charge on any atom is -0.379 e. The van der Waals surface area contributed by atoms with Crippen molar-refractivity contribution in [1.29, 1.82) is 0 Å². The molecule has 0 saturated carbocycles. The lowest BCUT2D eigenvalue weighted by Crippen LogP contribution is -2.13. The van der Waals surface area contributed by atoms with E-state index in [-0.39, 0.29) is 0 Å². The first-order valence-electron chi connectivity index (χ1n) is 5.57. The molecule has 0 radical (unpaired) electrons. The molecule has 0 aromatic carbocycles. The van der Waals surface area contributed by atoms with Gasteiger partial charge in [0.25, 0.3) is 0 Å². The molecule has 0 fully saturated rings. The molecule has 0 unspecified atom stereocenters. The van der Waals surface area contributed by atoms with Crippen molar-refractivity contribution in [3.8, 4) is 0 Å². The van der Waals surface area contributed by atoms with Crippen molar-refractivity contribution in [3.05, 3.63) is 0 Å². The number of hydrogen-bond donors (Lipinski definition) is 0. The Morgan fingerprint density at radius 3 is 2.00 bits per heavy atom. The lowest BCUT2D eigenvalue weighted by atomic mass is 9.93. The summed E-state index contributed by atoms with van der Waals surface area (Å²) in [7, 11) is 0. The van der Waals surface area contributed by atoms with Crippen LogP contribution in [-0.2, 0) is 9.47 Å². The normalized spacial score (nSPS) is 12.4. The molecular formula is C12H26O2. The number of rotatable bonds is 7. The fraction of sp³-hybridized carbons (Fsp3) is 1.00. The highest BCUT2D eigenvalue weighted by atomic mass is 16.5. The number of ether oxygens (including phenoxy) is 2. The molecule has 86 valence electrons. The second-order valence-electron chi connectivity index (χ2n) is 5.39. The van der Waals surface area contributed by atoms with Crippen molar-refractivity contribution in [2.24, 2.45) is 11.3 Å². The monoisotopic (exact) mass is 202 g/mol. The van der Waals surface area contributed by atoms with Gasteiger partial charge in [0.2, 0.25) is 0 Å². The summed E-state index contributed by atoms with van der Waals surface area (Å²) in [6.07, 6.45) is 1.11. The fourth-order valence-electron chi connectivity index (χ4n) is 0.917. The average Bonchev–Trinajstić information content (AvgIpc) is 2.00. The van der Waals surface area contributed by atoms with E-state index in [1.807, 2.05) is 0 Å². The summed E-state index contributed by atoms with van der Waals surface area (Å²) in [6.45, 7) is 14.1. The first-order valence-corrected chi connectivity index (χ1v) is 5.57. The quantitative estimate of drug-likeness (QED) is 0.591. The van der Waals surface area contributed by atoms with Gasteiger partial charge in [-0.3, -0.25) is 0 Å². The third-order valence-electron chi connectivity index (χ3n) is 1.82. The summed E-state index contributed by atoms with van der Waals surface area (Å²) in [4.78, 5) is 0. The molecular weight excluding hydrogens is 176 g/mol. The van der Waals surface area contributed by atoms with Crippen LogP contribution in [0.25, 0.3) is 0 Å². The van der Waals surface area contributed by atoms with Crippen LogP contribution in [-0.4, -0.2) is 26.4 Å². The molecule has 0 aliphatic carbocycles. The van der Waals surface area contributed by atoms with Gasteiger partial charge in [0.05, 0.1) is 13.2 Å². The van der Waals surface area contributed by atoms with Gasteiger partial charge in [0.15, 0.2) is 0 Å². The van der Waals surface area contributed by atoms with Crippen LogP contribution in [0.3, 0.4) is 0 Å². The molecule has 2 nitrogen and oxygen atoms in total. The zero-order valence-corrected chi connectivity index (χ0v) is 10.4. The standard InChI is InChI=1S/C12H26O2/c1-11(2)10-14-9-8-13-7-6-12(3,4)5/h11H,6-10H2,1-5H3. The van der Waals surface area contributed by atoms with Crippen molar-refractivity contribution in [1.82, 2.24) is 0 Å². The Morgan fingerprint density at radius 2 is 1.50 bits per heavy atom. The average molecular weight is 202 g/mol. The molecule has 0 aliphatic heterocycles. The Morgan fingerprint density at radius 1 is 0.929 bits per heavy atom. The van der Waals surface area contributed by atoms with Crippen LogP contribution in [0.4, 0.5) is 0 Å². The largest absolute Gasteiger partial charge is 0.379 e. The Labute approximate surface area is 89.0 Å². The van der Waals surface area contributed by atoms with E-state index in [0.717, 1.165) is 32.8 Å². The Bertz CT molecular complexity index is 125. The van der Waals surface area contributed by atoms with Crippen molar-refractivity contribution in [3.63, 3.8) is 0 Å². The molecule has 0 saturated heterocycles. The van der Waals surface area contributed by atoms with E-state index in [1.54, 1.807) is 0 Å². The lowest BCUT2D eigenvalue weighted by molar-refractivity contribution is 0.0302. The third-order valence-corrected chi connectivity index (χ3v) is 1.82. The van der Waals surface area contributed by atoms with Gasteiger partial charge >= 0.3 is 0 Å². The lowest BCUT2D eigenvalue weighted by Gasteiger charge is -2.17. The predicted octanol–water partition coefficient (Wildman–Crippen LogP) is 3.11. The van der Waals surface area contributed by atoms with Gasteiger partial charge < -0.3 is 9.47 Å². The Balaban J connectivity index is 3.07. The SMILES string of the molecule is CC(C)COCCOCCC(C)(C)C. The summed E-state index contributed by atoms with van der Waals surface area (Å²) in [5.41, 5.74) is 0.374. The molecule has 0 aromatic rings. The molecule has 0 N–H and O–H groups in total. The minimum atomic E-state index is 0.374. The van der Waals surface area contributed by atoms with Crippen LogP contribution in [0.1, 0.15) is 41.0 Å². The van der Waals surface area contributed by atoms with Gasteiger partial charge in [0.1, 0.15) is 0 Å². The van der Waals surface area contributed by atoms with Gasteiger partial charge in [-0.1, -0.05) is 34.6 Å². The first kappa shape index (κ1) is 13.9. The van der Waals surface area contributed by atoms with Crippen molar-refractivity contribution >= 4 is 0 Å². The molecule has 0 bridgehead atoms. The van der Waals surface area contributed by atoms with Crippen LogP contribution in [0.5, 0.6) is 0 Å². The molecule has 0 atom stereocenters. The summed E-state index contributed by atoms with van der Waals surface area (Å²) < 4.78 is 10.9. The maximum absolute atomic E-state index is 5.47. The molecule has 0 aromatic heterocycles. The zero-order valence-electron chi connectivity index (χ0n) is 10.4. The van der Waals surface area contributed by atoms with E-state index in [4.69, 9.17) is 9.47 Å². The summed E-state index contributed by atoms with van der Waals surface area (Å²) in [6, 6.07) is 0. The van der Waals surface area contributed by atoms with Crippen molar-refractivity contribution in [2.45, 2.75) is 41.0 Å². The van der Waals surface area contributed by atoms with Gasteiger partial charge in [-0.25, -0.2) is 0 Å². The van der Waals surface area contributed by atoms with E-state index >= 15 is 0 Å². The van der Waals surface area contributed by atoms with Crippen LogP contribution in [0, 0.1) is 11.3 Å². The van der Waals surface area contributed by atoms with E-state index in [2.05, 4.69) is 34.6 Å². The van der Waals surface area contributed by atoms with Crippen LogP contribution < -0.4 is 0 Å². The summed E-state index contributed by atoms with van der Waals surface area (Å²) in [5, 5.41) is 0. The van der Waals surface area contributed by atoms with Gasteiger partial charge in [-0.2, -0.15) is 0 Å². The third kappa shape index (κ3) is 11.9. The van der Waals surface area contributed by atoms with Crippen molar-refractivity contribution < 1.29 is 9.47 Å². The van der Waals surface area contributed by atoms with Gasteiger partial charge in [-0.15, -0.1) is 0 Å². The molecule has 0 rings (SSSR count). The zero-order chi connectivity index (χ0) is 11.0. The van der Waals surface area contributed by atoms with E-state index in [1.165, 1.54) is 0 Å². The molecule has 2 heteroatoms. The Hall–Kier alpha value is -0.0800. The minimum absolute atomic E-state index is 0.374. The van der Waals surface area contributed by atoms with E-state index < -0.39 is 0 Å². The molecule has 0 spiro atoms. The van der Waals surface area contributed by atoms with E-state index in [0.29, 0.717) is 11.3 Å². The number of hydrogen-bond acceptors (Lipinski definition) is 2. The summed E-state index contributed by atoms with van der Waals surface area (Å²) >= 11 is 0. The first-order chi connectivity index (χ1) is 6.42. The highest BCUT2D eigenvalue weighted by molar-refractivity contribution is 4.59. The smallest absolute Gasteiger partial charge is 0.0700 e. The van der Waals surface area contributed by atoms with Gasteiger partial charge in [0, 0.05) is 13.2 Å². The van der Waals surface area contributed by atoms with E-state index in [9.17, 15) is 0 Å². The van der Waals surface area contributed by atoms with Crippen LogP contribution >= 0.6 is 0 Å². The predicted molar refractivity (Wildman–Crippen MR) is 60.5 cm³/mol. The Kier molecular flexibility index (Phi) is 7.20. The molecule has 0 heterocycles. The molecule has 14 heavy (non-hydrogen) atoms. The van der Waals surface area contributed by atoms with Crippen LogP contribution in [0.15, 0.2) is 0 Å². The second-order valence-corrected chi connectivity index (χ2v) is 5.39. The molecule has 0 aliphatic rings. The maximum Gasteiger partial charge on any atom is 0.0700 e. The van der Waals surface area contributed by atoms with Crippen molar-refractivity contribution in [2.75, 3.05) is 26.4 Å². The maximum atomic E-state index is 5.47. The second kappa shape index (κ2) is 7.24. The molecule has 0 amide bonds. The topological polar surface area (TPSA) is 18.5 Å². The summed E-state index contributed by atoms with van der Waals surface area (Å²) in [5.74, 6) is 0.615. The highest BCUT2D eigenvalue weighted by Gasteiger charge is 2.08. The van der Waals surface area contributed by atoms with Crippen LogP contribution in [0.2, 0.25) is 0 Å². The highest BCUT2D eigenvalue weighted by Crippen LogP contribution is 2.17.